The average molecular weight is 535 g/mol. The molecule has 0 saturated carbocycles. The number of unbranched alkanes of at least 4 members (excludes halogenated alkanes) is 2. The quantitative estimate of drug-likeness (QED) is 0.0931. The van der Waals surface area contributed by atoms with Gasteiger partial charge in [-0.15, -0.1) is 0 Å². The minimum absolute atomic E-state index is 0.0101. The van der Waals surface area contributed by atoms with Crippen LogP contribution in [0.15, 0.2) is 66.7 Å². The zero-order valence-corrected chi connectivity index (χ0v) is 22.2. The maximum absolute atomic E-state index is 12.3. The van der Waals surface area contributed by atoms with Crippen LogP contribution in [0.25, 0.3) is 6.08 Å². The number of carbonyl (C=O) groups is 2. The van der Waals surface area contributed by atoms with Crippen molar-refractivity contribution in [3.63, 3.8) is 0 Å². The molecule has 206 valence electrons. The third-order valence-electron chi connectivity index (χ3n) is 5.45. The Labute approximate surface area is 228 Å². The summed E-state index contributed by atoms with van der Waals surface area (Å²) in [6.07, 6.45) is 6.21. The van der Waals surface area contributed by atoms with Crippen LogP contribution in [0.3, 0.4) is 0 Å². The highest BCUT2D eigenvalue weighted by Gasteiger charge is 2.10. The van der Waals surface area contributed by atoms with E-state index in [1.165, 1.54) is 25.3 Å². The number of hydrogen-bond donors (Lipinski definition) is 2. The van der Waals surface area contributed by atoms with Gasteiger partial charge in [0.25, 0.3) is 0 Å². The van der Waals surface area contributed by atoms with Crippen LogP contribution in [0.4, 0.5) is 11.4 Å². The lowest BCUT2D eigenvalue weighted by atomic mass is 10.2. The van der Waals surface area contributed by atoms with E-state index in [-0.39, 0.29) is 18.8 Å². The second-order valence-electron chi connectivity index (χ2n) is 8.56. The van der Waals surface area contributed by atoms with Crippen molar-refractivity contribution in [2.45, 2.75) is 26.2 Å². The monoisotopic (exact) mass is 534 g/mol. The van der Waals surface area contributed by atoms with E-state index in [0.717, 1.165) is 25.0 Å². The normalized spacial score (nSPS) is 10.7. The second kappa shape index (κ2) is 14.9. The van der Waals surface area contributed by atoms with Crippen molar-refractivity contribution in [2.75, 3.05) is 38.4 Å². The van der Waals surface area contributed by atoms with Crippen LogP contribution in [-0.2, 0) is 9.53 Å². The van der Waals surface area contributed by atoms with Gasteiger partial charge in [0.15, 0.2) is 11.5 Å². The Kier molecular flexibility index (Phi) is 11.1. The maximum Gasteiger partial charge on any atom is 0.338 e. The Balaban J connectivity index is 1.47. The van der Waals surface area contributed by atoms with Crippen molar-refractivity contribution in [3.05, 3.63) is 77.9 Å². The van der Waals surface area contributed by atoms with Crippen LogP contribution in [-0.4, -0.2) is 38.9 Å². The van der Waals surface area contributed by atoms with Gasteiger partial charge in [-0.25, -0.2) is 9.59 Å². The first kappa shape index (κ1) is 28.9. The van der Waals surface area contributed by atoms with Crippen LogP contribution < -0.4 is 30.4 Å². The van der Waals surface area contributed by atoms with Crippen molar-refractivity contribution < 1.29 is 33.3 Å². The highest BCUT2D eigenvalue weighted by molar-refractivity contribution is 5.91. The Bertz CT molecular complexity index is 1250. The van der Waals surface area contributed by atoms with Crippen LogP contribution in [0, 0.1) is 0 Å². The lowest BCUT2D eigenvalue weighted by molar-refractivity contribution is -0.128. The van der Waals surface area contributed by atoms with Crippen LogP contribution in [0.2, 0.25) is 0 Å². The number of methoxy groups -OCH3 is 1. The molecule has 3 aromatic carbocycles. The number of hydrogen-bond acceptors (Lipinski definition) is 9. The van der Waals surface area contributed by atoms with Crippen LogP contribution >= 0.6 is 0 Å². The van der Waals surface area contributed by atoms with E-state index in [1.54, 1.807) is 54.6 Å². The van der Waals surface area contributed by atoms with Gasteiger partial charge in [0.2, 0.25) is 0 Å². The summed E-state index contributed by atoms with van der Waals surface area (Å²) >= 11 is 0. The Morgan fingerprint density at radius 1 is 0.795 bits per heavy atom. The van der Waals surface area contributed by atoms with E-state index < -0.39 is 11.9 Å². The molecule has 0 aliphatic heterocycles. The molecule has 0 saturated heterocycles. The lowest BCUT2D eigenvalue weighted by Gasteiger charge is -2.12. The number of ether oxygens (including phenoxy) is 5. The molecule has 0 unspecified atom stereocenters. The highest BCUT2D eigenvalue weighted by atomic mass is 16.6. The summed E-state index contributed by atoms with van der Waals surface area (Å²) in [5.41, 5.74) is 13.1. The van der Waals surface area contributed by atoms with E-state index in [2.05, 4.69) is 6.92 Å². The van der Waals surface area contributed by atoms with Gasteiger partial charge in [-0.2, -0.15) is 0 Å². The van der Waals surface area contributed by atoms with Crippen LogP contribution in [0.1, 0.15) is 42.1 Å². The fourth-order valence-corrected chi connectivity index (χ4v) is 3.53. The third-order valence-corrected chi connectivity index (χ3v) is 5.45. The van der Waals surface area contributed by atoms with Gasteiger partial charge in [0.05, 0.1) is 19.3 Å². The van der Waals surface area contributed by atoms with Crippen molar-refractivity contribution in [2.24, 2.45) is 0 Å². The minimum atomic E-state index is -0.552. The summed E-state index contributed by atoms with van der Waals surface area (Å²) in [4.78, 5) is 24.4. The van der Waals surface area contributed by atoms with Gasteiger partial charge >= 0.3 is 11.9 Å². The van der Waals surface area contributed by atoms with Crippen LogP contribution in [0.5, 0.6) is 23.0 Å². The van der Waals surface area contributed by atoms with E-state index in [0.29, 0.717) is 40.8 Å². The Morgan fingerprint density at radius 2 is 1.51 bits per heavy atom. The number of benzene rings is 3. The smallest absolute Gasteiger partial charge is 0.338 e. The molecule has 0 heterocycles. The summed E-state index contributed by atoms with van der Waals surface area (Å²) in [6.45, 7) is 2.92. The van der Waals surface area contributed by atoms with Gasteiger partial charge in [0.1, 0.15) is 24.7 Å². The number of nitrogens with two attached hydrogens (primary N) is 2. The fraction of sp³-hybridized carbons (Fsp3) is 0.267. The molecule has 39 heavy (non-hydrogen) atoms. The van der Waals surface area contributed by atoms with Gasteiger partial charge in [-0.3, -0.25) is 0 Å². The number of anilines is 2. The third kappa shape index (κ3) is 9.62. The Hall–Kier alpha value is -4.66. The molecule has 3 rings (SSSR count). The molecule has 0 fully saturated rings. The molecule has 0 aromatic heterocycles. The Morgan fingerprint density at radius 3 is 2.21 bits per heavy atom. The predicted octanol–water partition coefficient (Wildman–Crippen LogP) is 5.28. The first-order valence-corrected chi connectivity index (χ1v) is 12.6. The highest BCUT2D eigenvalue weighted by Crippen LogP contribution is 2.28. The first-order chi connectivity index (χ1) is 18.9. The van der Waals surface area contributed by atoms with E-state index in [9.17, 15) is 9.59 Å². The predicted molar refractivity (Wildman–Crippen MR) is 150 cm³/mol. The molecule has 0 bridgehead atoms. The molecule has 0 radical (unpaired) electrons. The molecule has 0 atom stereocenters. The van der Waals surface area contributed by atoms with Gasteiger partial charge in [-0.1, -0.05) is 25.8 Å². The molecule has 0 aliphatic carbocycles. The standard InChI is InChI=1S/C30H34N2O7/c1-3-4-5-14-36-25-8-10-26(11-9-25)39-29(33)13-7-21-6-12-27(28(17-21)35-2)37-15-16-38-30(34)22-18-23(31)20-24(32)19-22/h6-13,17-20H,3-5,14-16,31-32H2,1-2H3/b13-7+. The average Bonchev–Trinajstić information content (AvgIpc) is 2.93. The summed E-state index contributed by atoms with van der Waals surface area (Å²) in [5.74, 6) is 0.999. The van der Waals surface area contributed by atoms with Crippen molar-refractivity contribution in [1.29, 1.82) is 0 Å². The molecule has 0 aliphatic rings. The first-order valence-electron chi connectivity index (χ1n) is 12.6. The number of rotatable bonds is 14. The van der Waals surface area contributed by atoms with E-state index in [4.69, 9.17) is 35.2 Å². The van der Waals surface area contributed by atoms with Gasteiger partial charge in [0, 0.05) is 17.5 Å². The summed E-state index contributed by atoms with van der Waals surface area (Å²) in [7, 11) is 1.51. The SMILES string of the molecule is CCCCCOc1ccc(OC(=O)/C=C/c2ccc(OCCOC(=O)c3cc(N)cc(N)c3)c(OC)c2)cc1. The molecule has 4 N–H and O–H groups in total. The summed E-state index contributed by atoms with van der Waals surface area (Å²) in [6, 6.07) is 16.6. The van der Waals surface area contributed by atoms with Gasteiger partial charge in [-0.05, 0) is 72.7 Å². The second-order valence-corrected chi connectivity index (χ2v) is 8.56. The van der Waals surface area contributed by atoms with Gasteiger partial charge < -0.3 is 35.2 Å². The number of nitrogen functional groups attached to an aromatic ring is 2. The minimum Gasteiger partial charge on any atom is -0.494 e. The van der Waals surface area contributed by atoms with E-state index >= 15 is 0 Å². The molecule has 9 heteroatoms. The fourth-order valence-electron chi connectivity index (χ4n) is 3.53. The summed E-state index contributed by atoms with van der Waals surface area (Å²) in [5, 5.41) is 0. The van der Waals surface area contributed by atoms with Crippen molar-refractivity contribution >= 4 is 29.4 Å². The number of esters is 2. The van der Waals surface area contributed by atoms with Crippen molar-refractivity contribution in [3.8, 4) is 23.0 Å². The van der Waals surface area contributed by atoms with E-state index in [1.807, 2.05) is 0 Å². The molecule has 0 spiro atoms. The maximum atomic E-state index is 12.3. The zero-order valence-electron chi connectivity index (χ0n) is 22.2. The largest absolute Gasteiger partial charge is 0.494 e. The number of carbonyl (C=O) groups excluding carboxylic acids is 2. The topological polar surface area (TPSA) is 132 Å². The molecule has 0 amide bonds. The molecule has 9 nitrogen and oxygen atoms in total. The summed E-state index contributed by atoms with van der Waals surface area (Å²) < 4.78 is 27.3. The molecular weight excluding hydrogens is 500 g/mol. The zero-order chi connectivity index (χ0) is 28.0. The molecular formula is C30H34N2O7. The molecule has 3 aromatic rings. The van der Waals surface area contributed by atoms with Crippen molar-refractivity contribution in [1.82, 2.24) is 0 Å². The lowest BCUT2D eigenvalue weighted by Crippen LogP contribution is -2.13.